The Morgan fingerprint density at radius 3 is 2.68 bits per heavy atom. The van der Waals surface area contributed by atoms with E-state index in [-0.39, 0.29) is 5.75 Å². The number of hydrogen-bond acceptors (Lipinski definition) is 4. The van der Waals surface area contributed by atoms with Crippen molar-refractivity contribution in [3.05, 3.63) is 47.2 Å². The lowest BCUT2D eigenvalue weighted by Gasteiger charge is -2.09. The highest BCUT2D eigenvalue weighted by Gasteiger charge is 2.10. The lowest BCUT2D eigenvalue weighted by Crippen LogP contribution is -2.16. The SMILES string of the molecule is CCCS(=O)(=O)Nc1cncc(-c2ccc(C#N)c(Cl)c2)c1. The highest BCUT2D eigenvalue weighted by Crippen LogP contribution is 2.26. The smallest absolute Gasteiger partial charge is 0.232 e. The fourth-order valence-electron chi connectivity index (χ4n) is 1.94. The predicted octanol–water partition coefficient (Wildman–Crippen LogP) is 3.43. The van der Waals surface area contributed by atoms with Crippen molar-refractivity contribution >= 4 is 27.3 Å². The molecule has 5 nitrogen and oxygen atoms in total. The summed E-state index contributed by atoms with van der Waals surface area (Å²) in [6, 6.07) is 8.68. The van der Waals surface area contributed by atoms with E-state index in [9.17, 15) is 8.42 Å². The zero-order valence-electron chi connectivity index (χ0n) is 11.9. The Morgan fingerprint density at radius 1 is 1.27 bits per heavy atom. The Labute approximate surface area is 134 Å². The Bertz CT molecular complexity index is 829. The van der Waals surface area contributed by atoms with E-state index in [2.05, 4.69) is 9.71 Å². The zero-order chi connectivity index (χ0) is 16.2. The third-order valence-corrected chi connectivity index (χ3v) is 4.71. The summed E-state index contributed by atoms with van der Waals surface area (Å²) < 4.78 is 26.1. The zero-order valence-corrected chi connectivity index (χ0v) is 13.4. The quantitative estimate of drug-likeness (QED) is 0.907. The maximum atomic E-state index is 11.8. The molecule has 0 spiro atoms. The molecule has 1 N–H and O–H groups in total. The summed E-state index contributed by atoms with van der Waals surface area (Å²) in [5.74, 6) is 0.0555. The molecule has 0 aliphatic carbocycles. The molecule has 2 rings (SSSR count). The van der Waals surface area contributed by atoms with Gasteiger partial charge in [-0.15, -0.1) is 0 Å². The maximum Gasteiger partial charge on any atom is 0.232 e. The molecule has 1 aromatic heterocycles. The normalized spacial score (nSPS) is 11.0. The van der Waals surface area contributed by atoms with Crippen LogP contribution in [0.2, 0.25) is 5.02 Å². The molecule has 22 heavy (non-hydrogen) atoms. The highest BCUT2D eigenvalue weighted by molar-refractivity contribution is 7.92. The average Bonchev–Trinajstić information content (AvgIpc) is 2.46. The van der Waals surface area contributed by atoms with Crippen LogP contribution in [0.4, 0.5) is 5.69 Å². The number of rotatable bonds is 5. The minimum Gasteiger partial charge on any atom is -0.282 e. The first-order chi connectivity index (χ1) is 10.4. The van der Waals surface area contributed by atoms with Crippen LogP contribution in [-0.4, -0.2) is 19.2 Å². The molecule has 1 aromatic carbocycles. The molecule has 2 aromatic rings. The van der Waals surface area contributed by atoms with E-state index in [1.54, 1.807) is 37.4 Å². The first-order valence-electron chi connectivity index (χ1n) is 6.60. The van der Waals surface area contributed by atoms with Crippen LogP contribution >= 0.6 is 11.6 Å². The third-order valence-electron chi connectivity index (χ3n) is 2.91. The van der Waals surface area contributed by atoms with Crippen LogP contribution in [0.1, 0.15) is 18.9 Å². The molecular weight excluding hydrogens is 322 g/mol. The van der Waals surface area contributed by atoms with Crippen molar-refractivity contribution in [2.24, 2.45) is 0 Å². The standard InChI is InChI=1S/C15H14ClN3O2S/c1-2-5-22(20,21)19-14-6-13(9-18-10-14)11-3-4-12(8-17)15(16)7-11/h3-4,6-7,9-10,19H,2,5H2,1H3. The Morgan fingerprint density at radius 2 is 2.05 bits per heavy atom. The van der Waals surface area contributed by atoms with E-state index in [0.29, 0.717) is 28.3 Å². The number of hydrogen-bond donors (Lipinski definition) is 1. The summed E-state index contributed by atoms with van der Waals surface area (Å²) in [7, 11) is -3.36. The van der Waals surface area contributed by atoms with Crippen LogP contribution in [0.15, 0.2) is 36.7 Å². The Hall–Kier alpha value is -2.10. The Balaban J connectivity index is 2.33. The second-order valence-electron chi connectivity index (χ2n) is 4.69. The van der Waals surface area contributed by atoms with Gasteiger partial charge in [0.25, 0.3) is 0 Å². The molecule has 114 valence electrons. The number of halogens is 1. The summed E-state index contributed by atoms with van der Waals surface area (Å²) in [5, 5.41) is 9.22. The summed E-state index contributed by atoms with van der Waals surface area (Å²) in [6.45, 7) is 1.80. The van der Waals surface area contributed by atoms with Crippen molar-refractivity contribution in [1.82, 2.24) is 4.98 Å². The van der Waals surface area contributed by atoms with Crippen LogP contribution in [0.5, 0.6) is 0 Å². The van der Waals surface area contributed by atoms with Crippen LogP contribution in [-0.2, 0) is 10.0 Å². The first kappa shape index (κ1) is 16.3. The lowest BCUT2D eigenvalue weighted by atomic mass is 10.1. The van der Waals surface area contributed by atoms with Gasteiger partial charge in [0, 0.05) is 11.8 Å². The van der Waals surface area contributed by atoms with E-state index < -0.39 is 10.0 Å². The maximum absolute atomic E-state index is 11.8. The number of nitrogens with zero attached hydrogens (tertiary/aromatic N) is 2. The second kappa shape index (κ2) is 6.77. The van der Waals surface area contributed by atoms with Gasteiger partial charge in [0.2, 0.25) is 10.0 Å². The molecule has 0 aliphatic heterocycles. The molecule has 0 amide bonds. The van der Waals surface area contributed by atoms with Gasteiger partial charge in [-0.25, -0.2) is 8.42 Å². The lowest BCUT2D eigenvalue weighted by molar-refractivity contribution is 0.600. The average molecular weight is 336 g/mol. The minimum atomic E-state index is -3.36. The van der Waals surface area contributed by atoms with E-state index in [1.165, 1.54) is 6.20 Å². The number of pyridine rings is 1. The van der Waals surface area contributed by atoms with Gasteiger partial charge in [-0.1, -0.05) is 24.6 Å². The van der Waals surface area contributed by atoms with Crippen LogP contribution in [0, 0.1) is 11.3 Å². The van der Waals surface area contributed by atoms with Gasteiger partial charge in [-0.2, -0.15) is 5.26 Å². The van der Waals surface area contributed by atoms with Crippen molar-refractivity contribution in [3.8, 4) is 17.2 Å². The summed E-state index contributed by atoms with van der Waals surface area (Å²) in [5.41, 5.74) is 2.25. The van der Waals surface area contributed by atoms with E-state index in [4.69, 9.17) is 16.9 Å². The summed E-state index contributed by atoms with van der Waals surface area (Å²) in [4.78, 5) is 4.04. The summed E-state index contributed by atoms with van der Waals surface area (Å²) in [6.07, 6.45) is 3.59. The summed E-state index contributed by atoms with van der Waals surface area (Å²) >= 11 is 6.01. The van der Waals surface area contributed by atoms with Gasteiger partial charge in [0.05, 0.1) is 28.2 Å². The van der Waals surface area contributed by atoms with Crippen LogP contribution < -0.4 is 4.72 Å². The number of nitrogens with one attached hydrogen (secondary N) is 1. The van der Waals surface area contributed by atoms with Gasteiger partial charge in [0.15, 0.2) is 0 Å². The second-order valence-corrected chi connectivity index (χ2v) is 6.94. The Kier molecular flexibility index (Phi) is 5.01. The molecule has 7 heteroatoms. The van der Waals surface area contributed by atoms with E-state index >= 15 is 0 Å². The molecule has 1 heterocycles. The van der Waals surface area contributed by atoms with Gasteiger partial charge >= 0.3 is 0 Å². The predicted molar refractivity (Wildman–Crippen MR) is 87.1 cm³/mol. The number of benzene rings is 1. The molecule has 0 aliphatic rings. The minimum absolute atomic E-state index is 0.0555. The monoisotopic (exact) mass is 335 g/mol. The molecule has 0 atom stereocenters. The van der Waals surface area contributed by atoms with Crippen molar-refractivity contribution in [2.75, 3.05) is 10.5 Å². The molecule has 0 radical (unpaired) electrons. The van der Waals surface area contributed by atoms with E-state index in [0.717, 1.165) is 5.56 Å². The topological polar surface area (TPSA) is 82.8 Å². The number of sulfonamides is 1. The van der Waals surface area contributed by atoms with Crippen LogP contribution in [0.25, 0.3) is 11.1 Å². The van der Waals surface area contributed by atoms with E-state index in [1.807, 2.05) is 6.07 Å². The van der Waals surface area contributed by atoms with Crippen LogP contribution in [0.3, 0.4) is 0 Å². The highest BCUT2D eigenvalue weighted by atomic mass is 35.5. The van der Waals surface area contributed by atoms with Crippen molar-refractivity contribution in [2.45, 2.75) is 13.3 Å². The van der Waals surface area contributed by atoms with Gasteiger partial charge in [0.1, 0.15) is 6.07 Å². The van der Waals surface area contributed by atoms with Crippen molar-refractivity contribution in [3.63, 3.8) is 0 Å². The fraction of sp³-hybridized carbons (Fsp3) is 0.200. The third kappa shape index (κ3) is 3.97. The molecular formula is C15H14ClN3O2S. The van der Waals surface area contributed by atoms with Gasteiger partial charge < -0.3 is 0 Å². The largest absolute Gasteiger partial charge is 0.282 e. The van der Waals surface area contributed by atoms with Gasteiger partial charge in [-0.05, 0) is 30.2 Å². The molecule has 0 bridgehead atoms. The van der Waals surface area contributed by atoms with Crippen molar-refractivity contribution in [1.29, 1.82) is 5.26 Å². The van der Waals surface area contributed by atoms with Crippen molar-refractivity contribution < 1.29 is 8.42 Å². The molecule has 0 saturated carbocycles. The number of anilines is 1. The van der Waals surface area contributed by atoms with Gasteiger partial charge in [-0.3, -0.25) is 9.71 Å². The fourth-order valence-corrected chi connectivity index (χ4v) is 3.27. The molecule has 0 saturated heterocycles. The molecule has 0 fully saturated rings. The number of aromatic nitrogens is 1. The number of nitriles is 1. The molecule has 0 unspecified atom stereocenters. The first-order valence-corrected chi connectivity index (χ1v) is 8.64.